The molecule has 0 aromatic heterocycles. The summed E-state index contributed by atoms with van der Waals surface area (Å²) in [5, 5.41) is 13.8. The summed E-state index contributed by atoms with van der Waals surface area (Å²) in [7, 11) is 0. The lowest BCUT2D eigenvalue weighted by molar-refractivity contribution is 0.169. The first-order chi connectivity index (χ1) is 9.63. The Bertz CT molecular complexity index is 441. The van der Waals surface area contributed by atoms with Crippen LogP contribution in [0.3, 0.4) is 0 Å². The molecule has 0 radical (unpaired) electrons. The maximum absolute atomic E-state index is 10.2. The molecule has 3 heteroatoms. The van der Waals surface area contributed by atoms with Crippen LogP contribution in [0.2, 0.25) is 0 Å². The van der Waals surface area contributed by atoms with E-state index in [9.17, 15) is 5.11 Å². The van der Waals surface area contributed by atoms with Gasteiger partial charge in [-0.2, -0.15) is 0 Å². The van der Waals surface area contributed by atoms with E-state index in [0.717, 1.165) is 18.2 Å². The predicted molar refractivity (Wildman–Crippen MR) is 81.7 cm³/mol. The van der Waals surface area contributed by atoms with Gasteiger partial charge in [-0.25, -0.2) is 0 Å². The molecule has 110 valence electrons. The highest BCUT2D eigenvalue weighted by molar-refractivity contribution is 5.23. The molecule has 2 N–H and O–H groups in total. The highest BCUT2D eigenvalue weighted by Gasteiger charge is 2.38. The number of aryl methyl sites for hydroxylation is 1. The first-order valence-electron chi connectivity index (χ1n) is 7.87. The molecular weight excluding hydrogens is 248 g/mol. The SMILES string of the molecule is Cc1ccc(C(O)CNC2CC(C)N(C3CC3)C2)cc1. The zero-order chi connectivity index (χ0) is 14.1. The van der Waals surface area contributed by atoms with E-state index in [0.29, 0.717) is 18.6 Å². The fourth-order valence-electron chi connectivity index (χ4n) is 3.30. The van der Waals surface area contributed by atoms with Crippen LogP contribution in [0.25, 0.3) is 0 Å². The monoisotopic (exact) mass is 274 g/mol. The Kier molecular flexibility index (Phi) is 4.11. The van der Waals surface area contributed by atoms with Crippen LogP contribution in [0.5, 0.6) is 0 Å². The van der Waals surface area contributed by atoms with Gasteiger partial charge in [-0.15, -0.1) is 0 Å². The van der Waals surface area contributed by atoms with E-state index < -0.39 is 6.10 Å². The molecular formula is C17H26N2O. The van der Waals surface area contributed by atoms with Crippen LogP contribution in [-0.2, 0) is 0 Å². The third-order valence-corrected chi connectivity index (χ3v) is 4.70. The Balaban J connectivity index is 1.48. The quantitative estimate of drug-likeness (QED) is 0.864. The Morgan fingerprint density at radius 2 is 2.00 bits per heavy atom. The van der Waals surface area contributed by atoms with Gasteiger partial charge in [-0.3, -0.25) is 4.90 Å². The average molecular weight is 274 g/mol. The molecule has 1 aliphatic carbocycles. The summed E-state index contributed by atoms with van der Waals surface area (Å²) in [4.78, 5) is 2.63. The second-order valence-electron chi connectivity index (χ2n) is 6.54. The van der Waals surface area contributed by atoms with Gasteiger partial charge in [-0.1, -0.05) is 29.8 Å². The van der Waals surface area contributed by atoms with Gasteiger partial charge in [0.15, 0.2) is 0 Å². The summed E-state index contributed by atoms with van der Waals surface area (Å²) in [6, 6.07) is 10.2. The van der Waals surface area contributed by atoms with Crippen LogP contribution < -0.4 is 5.32 Å². The van der Waals surface area contributed by atoms with Gasteiger partial charge in [-0.05, 0) is 38.7 Å². The van der Waals surface area contributed by atoms with Gasteiger partial charge in [0.2, 0.25) is 0 Å². The molecule has 20 heavy (non-hydrogen) atoms. The minimum atomic E-state index is -0.402. The third kappa shape index (κ3) is 3.22. The van der Waals surface area contributed by atoms with Crippen molar-refractivity contribution in [1.82, 2.24) is 10.2 Å². The molecule has 1 aromatic carbocycles. The number of likely N-dealkylation sites (tertiary alicyclic amines) is 1. The number of nitrogens with one attached hydrogen (secondary N) is 1. The van der Waals surface area contributed by atoms with Crippen molar-refractivity contribution >= 4 is 0 Å². The van der Waals surface area contributed by atoms with Crippen molar-refractivity contribution in [3.05, 3.63) is 35.4 Å². The van der Waals surface area contributed by atoms with Crippen LogP contribution in [0.1, 0.15) is 43.4 Å². The van der Waals surface area contributed by atoms with Gasteiger partial charge < -0.3 is 10.4 Å². The smallest absolute Gasteiger partial charge is 0.0914 e. The maximum atomic E-state index is 10.2. The zero-order valence-corrected chi connectivity index (χ0v) is 12.5. The first-order valence-corrected chi connectivity index (χ1v) is 7.87. The Labute approximate surface area is 122 Å². The Hall–Kier alpha value is -0.900. The van der Waals surface area contributed by atoms with Crippen molar-refractivity contribution in [2.24, 2.45) is 0 Å². The second kappa shape index (κ2) is 5.84. The van der Waals surface area contributed by atoms with E-state index in [1.165, 1.54) is 24.8 Å². The van der Waals surface area contributed by atoms with Crippen molar-refractivity contribution in [3.8, 4) is 0 Å². The van der Waals surface area contributed by atoms with E-state index in [4.69, 9.17) is 0 Å². The average Bonchev–Trinajstić information content (AvgIpc) is 3.21. The highest BCUT2D eigenvalue weighted by atomic mass is 16.3. The largest absolute Gasteiger partial charge is 0.387 e. The molecule has 0 amide bonds. The molecule has 1 aromatic rings. The molecule has 2 fully saturated rings. The number of rotatable bonds is 5. The van der Waals surface area contributed by atoms with Crippen LogP contribution in [0.4, 0.5) is 0 Å². The van der Waals surface area contributed by atoms with Gasteiger partial charge in [0, 0.05) is 31.2 Å². The van der Waals surface area contributed by atoms with Crippen molar-refractivity contribution in [1.29, 1.82) is 0 Å². The molecule has 1 saturated heterocycles. The van der Waals surface area contributed by atoms with Crippen LogP contribution >= 0.6 is 0 Å². The maximum Gasteiger partial charge on any atom is 0.0914 e. The Morgan fingerprint density at radius 3 is 2.65 bits per heavy atom. The fraction of sp³-hybridized carbons (Fsp3) is 0.647. The summed E-state index contributed by atoms with van der Waals surface area (Å²) < 4.78 is 0. The molecule has 1 heterocycles. The van der Waals surface area contributed by atoms with Crippen molar-refractivity contribution in [2.45, 2.75) is 57.3 Å². The number of hydrogen-bond acceptors (Lipinski definition) is 3. The normalized spacial score (nSPS) is 28.8. The lowest BCUT2D eigenvalue weighted by atomic mass is 10.1. The van der Waals surface area contributed by atoms with Gasteiger partial charge in [0.1, 0.15) is 0 Å². The summed E-state index contributed by atoms with van der Waals surface area (Å²) in [5.41, 5.74) is 2.24. The third-order valence-electron chi connectivity index (χ3n) is 4.70. The van der Waals surface area contributed by atoms with Crippen molar-refractivity contribution < 1.29 is 5.11 Å². The lowest BCUT2D eigenvalue weighted by Crippen LogP contribution is -2.36. The lowest BCUT2D eigenvalue weighted by Gasteiger charge is -2.20. The van der Waals surface area contributed by atoms with Gasteiger partial charge in [0.05, 0.1) is 6.10 Å². The molecule has 3 nitrogen and oxygen atoms in total. The minimum absolute atomic E-state index is 0.402. The predicted octanol–water partition coefficient (Wildman–Crippen LogP) is 2.24. The van der Waals surface area contributed by atoms with E-state index >= 15 is 0 Å². The van der Waals surface area contributed by atoms with Crippen LogP contribution in [-0.4, -0.2) is 41.2 Å². The molecule has 3 rings (SSSR count). The molecule has 1 aliphatic heterocycles. The van der Waals surface area contributed by atoms with Gasteiger partial charge in [0.25, 0.3) is 0 Å². The highest BCUT2D eigenvalue weighted by Crippen LogP contribution is 2.33. The zero-order valence-electron chi connectivity index (χ0n) is 12.5. The first kappa shape index (κ1) is 14.1. The van der Waals surface area contributed by atoms with Crippen LogP contribution in [0.15, 0.2) is 24.3 Å². The van der Waals surface area contributed by atoms with E-state index in [1.807, 2.05) is 12.1 Å². The van der Waals surface area contributed by atoms with E-state index in [-0.39, 0.29) is 0 Å². The summed E-state index contributed by atoms with van der Waals surface area (Å²) in [6.45, 7) is 6.20. The fourth-order valence-corrected chi connectivity index (χ4v) is 3.30. The number of aliphatic hydroxyl groups excluding tert-OH is 1. The topological polar surface area (TPSA) is 35.5 Å². The summed E-state index contributed by atoms with van der Waals surface area (Å²) in [5.74, 6) is 0. The number of aliphatic hydroxyl groups is 1. The standard InChI is InChI=1S/C17H26N2O/c1-12-3-5-14(6-4-12)17(20)10-18-15-9-13(2)19(11-15)16-7-8-16/h3-6,13,15-18,20H,7-11H2,1-2H3. The van der Waals surface area contributed by atoms with E-state index in [2.05, 4.69) is 36.2 Å². The second-order valence-corrected chi connectivity index (χ2v) is 6.54. The minimum Gasteiger partial charge on any atom is -0.387 e. The summed E-state index contributed by atoms with van der Waals surface area (Å²) in [6.07, 6.45) is 3.56. The van der Waals surface area contributed by atoms with Crippen LogP contribution in [0, 0.1) is 6.92 Å². The molecule has 2 aliphatic rings. The van der Waals surface area contributed by atoms with Crippen molar-refractivity contribution in [2.75, 3.05) is 13.1 Å². The summed E-state index contributed by atoms with van der Waals surface area (Å²) >= 11 is 0. The van der Waals surface area contributed by atoms with E-state index in [1.54, 1.807) is 0 Å². The van der Waals surface area contributed by atoms with Crippen molar-refractivity contribution in [3.63, 3.8) is 0 Å². The Morgan fingerprint density at radius 1 is 1.30 bits per heavy atom. The number of hydrogen-bond donors (Lipinski definition) is 2. The molecule has 0 bridgehead atoms. The van der Waals surface area contributed by atoms with Gasteiger partial charge >= 0.3 is 0 Å². The molecule has 3 atom stereocenters. The molecule has 1 saturated carbocycles. The molecule has 3 unspecified atom stereocenters. The molecule has 0 spiro atoms. The number of benzene rings is 1. The number of nitrogens with zero attached hydrogens (tertiary/aromatic N) is 1.